The predicted molar refractivity (Wildman–Crippen MR) is 66.7 cm³/mol. The zero-order valence-electron chi connectivity index (χ0n) is 9.08. The molecule has 0 fully saturated rings. The van der Waals surface area contributed by atoms with E-state index in [2.05, 4.69) is 9.71 Å². The van der Waals surface area contributed by atoms with Crippen LogP contribution in [0.5, 0.6) is 0 Å². The molecule has 2 heterocycles. The summed E-state index contributed by atoms with van der Waals surface area (Å²) in [7, 11) is -3.22. The third-order valence-corrected chi connectivity index (χ3v) is 3.77. The number of hydrogen-bond acceptors (Lipinski definition) is 5. The summed E-state index contributed by atoms with van der Waals surface area (Å²) in [6.45, 7) is 0.448. The van der Waals surface area contributed by atoms with E-state index < -0.39 is 10.0 Å². The van der Waals surface area contributed by atoms with E-state index in [1.165, 1.54) is 22.2 Å². The van der Waals surface area contributed by atoms with Crippen molar-refractivity contribution in [2.24, 2.45) is 0 Å². The van der Waals surface area contributed by atoms with Crippen molar-refractivity contribution in [3.05, 3.63) is 28.1 Å². The van der Waals surface area contributed by atoms with Crippen LogP contribution in [0, 0.1) is 0 Å². The molecule has 6 nitrogen and oxygen atoms in total. The summed E-state index contributed by atoms with van der Waals surface area (Å²) in [5.74, 6) is 0. The van der Waals surface area contributed by atoms with Crippen molar-refractivity contribution in [2.45, 2.75) is 6.54 Å². The molecule has 0 atom stereocenters. The van der Waals surface area contributed by atoms with E-state index in [-0.39, 0.29) is 18.6 Å². The van der Waals surface area contributed by atoms with E-state index >= 15 is 0 Å². The van der Waals surface area contributed by atoms with Gasteiger partial charge in [-0.2, -0.15) is 0 Å². The molecular weight excluding hydrogens is 262 g/mol. The second-order valence-corrected chi connectivity index (χ2v) is 6.29. The van der Waals surface area contributed by atoms with Crippen LogP contribution in [0.4, 0.5) is 0 Å². The van der Waals surface area contributed by atoms with E-state index in [1.54, 1.807) is 11.4 Å². The number of aromatic nitrogens is 2. The van der Waals surface area contributed by atoms with Crippen LogP contribution >= 0.6 is 11.3 Å². The lowest BCUT2D eigenvalue weighted by molar-refractivity contribution is 0.575. The average molecular weight is 273 g/mol. The predicted octanol–water partition coefficient (Wildman–Crippen LogP) is 0.00720. The molecule has 8 heteroatoms. The maximum Gasteiger partial charge on any atom is 0.271 e. The maximum atomic E-state index is 11.9. The van der Waals surface area contributed by atoms with Gasteiger partial charge in [0.05, 0.1) is 18.1 Å². The van der Waals surface area contributed by atoms with Gasteiger partial charge in [0.15, 0.2) is 0 Å². The van der Waals surface area contributed by atoms with Crippen molar-refractivity contribution < 1.29 is 8.42 Å². The lowest BCUT2D eigenvalue weighted by Gasteiger charge is -2.05. The first-order valence-electron chi connectivity index (χ1n) is 4.85. The van der Waals surface area contributed by atoms with Gasteiger partial charge in [-0.3, -0.25) is 9.36 Å². The average Bonchev–Trinajstić information content (AvgIpc) is 2.68. The van der Waals surface area contributed by atoms with Crippen molar-refractivity contribution in [1.82, 2.24) is 14.3 Å². The Morgan fingerprint density at radius 3 is 3.00 bits per heavy atom. The molecule has 1 N–H and O–H groups in total. The first-order chi connectivity index (χ1) is 7.97. The van der Waals surface area contributed by atoms with Crippen molar-refractivity contribution in [1.29, 1.82) is 0 Å². The molecule has 92 valence electrons. The summed E-state index contributed by atoms with van der Waals surface area (Å²) in [5.41, 5.74) is 0.535. The van der Waals surface area contributed by atoms with Gasteiger partial charge in [-0.1, -0.05) is 0 Å². The molecule has 0 aliphatic rings. The molecule has 2 aromatic heterocycles. The molecule has 0 saturated heterocycles. The summed E-state index contributed by atoms with van der Waals surface area (Å²) in [5, 5.41) is 1.80. The summed E-state index contributed by atoms with van der Waals surface area (Å²) < 4.78 is 26.0. The molecule has 2 rings (SSSR count). The van der Waals surface area contributed by atoms with Crippen LogP contribution in [0.1, 0.15) is 0 Å². The fourth-order valence-corrected chi connectivity index (χ4v) is 2.64. The van der Waals surface area contributed by atoms with Crippen molar-refractivity contribution >= 4 is 31.6 Å². The molecule has 0 radical (unpaired) electrons. The number of nitrogens with one attached hydrogen (secondary N) is 1. The number of rotatable bonds is 4. The third-order valence-electron chi connectivity index (χ3n) is 2.15. The highest BCUT2D eigenvalue weighted by Crippen LogP contribution is 2.12. The number of thiophene rings is 1. The molecule has 0 saturated carbocycles. The van der Waals surface area contributed by atoms with Gasteiger partial charge in [-0.15, -0.1) is 11.3 Å². The Morgan fingerprint density at radius 2 is 2.29 bits per heavy atom. The van der Waals surface area contributed by atoms with Crippen molar-refractivity contribution in [3.63, 3.8) is 0 Å². The van der Waals surface area contributed by atoms with Gasteiger partial charge in [-0.05, 0) is 11.4 Å². The van der Waals surface area contributed by atoms with Crippen LogP contribution in [-0.4, -0.2) is 30.8 Å². The minimum atomic E-state index is -3.22. The van der Waals surface area contributed by atoms with Gasteiger partial charge < -0.3 is 0 Å². The summed E-state index contributed by atoms with van der Waals surface area (Å²) in [6.07, 6.45) is 2.51. The summed E-state index contributed by atoms with van der Waals surface area (Å²) in [6, 6.07) is 1.78. The fourth-order valence-electron chi connectivity index (χ4n) is 1.39. The molecular formula is C9H11N3O3S2. The molecule has 17 heavy (non-hydrogen) atoms. The Kier molecular flexibility index (Phi) is 3.27. The highest BCUT2D eigenvalue weighted by Gasteiger charge is 2.05. The van der Waals surface area contributed by atoms with Crippen molar-refractivity contribution in [2.75, 3.05) is 12.8 Å². The van der Waals surface area contributed by atoms with Crippen LogP contribution in [0.3, 0.4) is 0 Å². The third kappa shape index (κ3) is 2.90. The van der Waals surface area contributed by atoms with E-state index in [0.717, 1.165) is 6.26 Å². The van der Waals surface area contributed by atoms with E-state index in [1.807, 2.05) is 0 Å². The lowest BCUT2D eigenvalue weighted by atomic mass is 10.4. The summed E-state index contributed by atoms with van der Waals surface area (Å²) >= 11 is 1.33. The second-order valence-electron chi connectivity index (χ2n) is 3.54. The summed E-state index contributed by atoms with van der Waals surface area (Å²) in [4.78, 5) is 16.0. The fraction of sp³-hybridized carbons (Fsp3) is 0.333. The van der Waals surface area contributed by atoms with E-state index in [9.17, 15) is 13.2 Å². The van der Waals surface area contributed by atoms with E-state index in [4.69, 9.17) is 0 Å². The Labute approximate surface area is 102 Å². The van der Waals surface area contributed by atoms with Crippen LogP contribution in [-0.2, 0) is 16.6 Å². The van der Waals surface area contributed by atoms with Gasteiger partial charge >= 0.3 is 0 Å². The normalized spacial score (nSPS) is 12.1. The molecule has 0 amide bonds. The Balaban J connectivity index is 2.19. The number of nitrogens with zero attached hydrogens (tertiary/aromatic N) is 2. The number of hydrogen-bond donors (Lipinski definition) is 1. The Morgan fingerprint density at radius 1 is 1.53 bits per heavy atom. The lowest BCUT2D eigenvalue weighted by Crippen LogP contribution is -2.30. The monoisotopic (exact) mass is 273 g/mol. The van der Waals surface area contributed by atoms with Crippen LogP contribution < -0.4 is 10.3 Å². The highest BCUT2D eigenvalue weighted by atomic mass is 32.2. The molecule has 0 aromatic carbocycles. The second kappa shape index (κ2) is 4.55. The largest absolute Gasteiger partial charge is 0.297 e. The number of fused-ring (bicyclic) bond motifs is 1. The molecule has 0 bridgehead atoms. The van der Waals surface area contributed by atoms with Gasteiger partial charge in [0.1, 0.15) is 4.70 Å². The van der Waals surface area contributed by atoms with Crippen LogP contribution in [0.15, 0.2) is 22.6 Å². The van der Waals surface area contributed by atoms with Gasteiger partial charge in [-0.25, -0.2) is 18.1 Å². The minimum Gasteiger partial charge on any atom is -0.297 e. The zero-order chi connectivity index (χ0) is 12.5. The molecule has 0 aliphatic heterocycles. The molecule has 0 spiro atoms. The van der Waals surface area contributed by atoms with Gasteiger partial charge in [0.25, 0.3) is 5.56 Å². The minimum absolute atomic E-state index is 0.139. The standard InChI is InChI=1S/C9H11N3O3S2/c1-17(14,15)11-3-4-12-6-10-7-2-5-16-8(7)9(12)13/h2,5-6,11H,3-4H2,1H3. The van der Waals surface area contributed by atoms with Crippen LogP contribution in [0.2, 0.25) is 0 Å². The van der Waals surface area contributed by atoms with Gasteiger partial charge in [0.2, 0.25) is 10.0 Å². The quantitative estimate of drug-likeness (QED) is 0.850. The maximum absolute atomic E-state index is 11.9. The highest BCUT2D eigenvalue weighted by molar-refractivity contribution is 7.88. The number of sulfonamides is 1. The molecule has 0 unspecified atom stereocenters. The first-order valence-corrected chi connectivity index (χ1v) is 7.62. The Bertz CT molecular complexity index is 687. The molecule has 2 aromatic rings. The topological polar surface area (TPSA) is 81.1 Å². The SMILES string of the molecule is CS(=O)(=O)NCCn1cnc2ccsc2c1=O. The molecule has 0 aliphatic carbocycles. The van der Waals surface area contributed by atoms with Gasteiger partial charge in [0, 0.05) is 13.1 Å². The first kappa shape index (κ1) is 12.2. The zero-order valence-corrected chi connectivity index (χ0v) is 10.7. The van der Waals surface area contributed by atoms with Crippen molar-refractivity contribution in [3.8, 4) is 0 Å². The van der Waals surface area contributed by atoms with Crippen LogP contribution in [0.25, 0.3) is 10.2 Å². The van der Waals surface area contributed by atoms with E-state index in [0.29, 0.717) is 10.2 Å². The smallest absolute Gasteiger partial charge is 0.271 e. The Hall–Kier alpha value is -1.25.